The molecule has 2 rings (SSSR count). The number of aromatic nitrogens is 1. The number of hydrogen-bond donors (Lipinski definition) is 1. The molecule has 0 aliphatic heterocycles. The van der Waals surface area contributed by atoms with Gasteiger partial charge in [0, 0.05) is 23.6 Å². The summed E-state index contributed by atoms with van der Waals surface area (Å²) in [5.41, 5.74) is 2.54. The summed E-state index contributed by atoms with van der Waals surface area (Å²) in [4.78, 5) is 15.7. The molecule has 1 aromatic carbocycles. The molecule has 0 saturated heterocycles. The maximum absolute atomic E-state index is 11.8. The second kappa shape index (κ2) is 4.57. The molecule has 3 nitrogen and oxygen atoms in total. The molecular weight excluding hydrogens is 200 g/mol. The predicted molar refractivity (Wildman–Crippen MR) is 63.4 cm³/mol. The summed E-state index contributed by atoms with van der Waals surface area (Å²) in [6.07, 6.45) is 3.29. The largest absolute Gasteiger partial charge is 0.322 e. The van der Waals surface area contributed by atoms with Crippen LogP contribution in [0.4, 0.5) is 5.69 Å². The molecule has 1 N–H and O–H groups in total. The summed E-state index contributed by atoms with van der Waals surface area (Å²) in [6, 6.07) is 11.0. The Morgan fingerprint density at radius 3 is 2.31 bits per heavy atom. The highest BCUT2D eigenvalue weighted by atomic mass is 16.1. The normalized spacial score (nSPS) is 9.81. The van der Waals surface area contributed by atoms with Crippen molar-refractivity contribution >= 4 is 11.6 Å². The minimum atomic E-state index is -0.105. The van der Waals surface area contributed by atoms with E-state index in [0.717, 1.165) is 11.3 Å². The molecule has 1 heterocycles. The van der Waals surface area contributed by atoms with Crippen LogP contribution in [-0.4, -0.2) is 10.9 Å². The minimum absolute atomic E-state index is 0.105. The molecule has 1 amide bonds. The molecule has 0 atom stereocenters. The van der Waals surface area contributed by atoms with Gasteiger partial charge in [-0.2, -0.15) is 0 Å². The first-order chi connectivity index (χ1) is 7.75. The van der Waals surface area contributed by atoms with Crippen molar-refractivity contribution in [3.8, 4) is 0 Å². The van der Waals surface area contributed by atoms with Gasteiger partial charge in [0.05, 0.1) is 0 Å². The molecule has 2 aromatic rings. The standard InChI is InChI=1S/C13H12N2O/c1-10-2-4-11(5-3-10)13(16)15-12-6-8-14-9-7-12/h2-9H,1H3,(H,14,15,16). The lowest BCUT2D eigenvalue weighted by atomic mass is 10.1. The van der Waals surface area contributed by atoms with E-state index in [1.807, 2.05) is 31.2 Å². The number of carbonyl (C=O) groups excluding carboxylic acids is 1. The molecule has 16 heavy (non-hydrogen) atoms. The van der Waals surface area contributed by atoms with Crippen LogP contribution in [0.5, 0.6) is 0 Å². The van der Waals surface area contributed by atoms with Crippen molar-refractivity contribution < 1.29 is 4.79 Å². The highest BCUT2D eigenvalue weighted by Crippen LogP contribution is 2.08. The highest BCUT2D eigenvalue weighted by Gasteiger charge is 2.04. The van der Waals surface area contributed by atoms with Gasteiger partial charge in [-0.25, -0.2) is 0 Å². The van der Waals surface area contributed by atoms with Crippen LogP contribution < -0.4 is 5.32 Å². The summed E-state index contributed by atoms with van der Waals surface area (Å²) < 4.78 is 0. The zero-order valence-electron chi connectivity index (χ0n) is 8.97. The number of amides is 1. The van der Waals surface area contributed by atoms with E-state index >= 15 is 0 Å². The highest BCUT2D eigenvalue weighted by molar-refractivity contribution is 6.04. The van der Waals surface area contributed by atoms with Gasteiger partial charge >= 0.3 is 0 Å². The Balaban J connectivity index is 2.12. The molecule has 3 heteroatoms. The number of benzene rings is 1. The molecule has 0 aliphatic carbocycles. The van der Waals surface area contributed by atoms with Crippen LogP contribution in [0.25, 0.3) is 0 Å². The summed E-state index contributed by atoms with van der Waals surface area (Å²) in [7, 11) is 0. The third-order valence-electron chi connectivity index (χ3n) is 2.25. The van der Waals surface area contributed by atoms with Gasteiger partial charge < -0.3 is 5.32 Å². The van der Waals surface area contributed by atoms with Gasteiger partial charge in [0.25, 0.3) is 5.91 Å². The van der Waals surface area contributed by atoms with Crippen LogP contribution in [0.3, 0.4) is 0 Å². The quantitative estimate of drug-likeness (QED) is 0.831. The van der Waals surface area contributed by atoms with Gasteiger partial charge in [-0.15, -0.1) is 0 Å². The van der Waals surface area contributed by atoms with Gasteiger partial charge in [0.1, 0.15) is 0 Å². The molecule has 0 unspecified atom stereocenters. The lowest BCUT2D eigenvalue weighted by Gasteiger charge is -2.04. The topological polar surface area (TPSA) is 42.0 Å². The number of pyridine rings is 1. The summed E-state index contributed by atoms with van der Waals surface area (Å²) >= 11 is 0. The van der Waals surface area contributed by atoms with Crippen molar-refractivity contribution in [1.29, 1.82) is 0 Å². The van der Waals surface area contributed by atoms with Crippen molar-refractivity contribution in [2.24, 2.45) is 0 Å². The number of aryl methyl sites for hydroxylation is 1. The molecule has 0 spiro atoms. The Morgan fingerprint density at radius 2 is 1.69 bits per heavy atom. The molecule has 80 valence electrons. The fourth-order valence-corrected chi connectivity index (χ4v) is 1.34. The molecule has 0 aliphatic rings. The van der Waals surface area contributed by atoms with Crippen LogP contribution in [0.1, 0.15) is 15.9 Å². The van der Waals surface area contributed by atoms with E-state index in [4.69, 9.17) is 0 Å². The zero-order chi connectivity index (χ0) is 11.4. The molecular formula is C13H12N2O. The van der Waals surface area contributed by atoms with Gasteiger partial charge in [-0.05, 0) is 31.2 Å². The summed E-state index contributed by atoms with van der Waals surface area (Å²) in [6.45, 7) is 1.99. The van der Waals surface area contributed by atoms with E-state index in [-0.39, 0.29) is 5.91 Å². The maximum atomic E-state index is 11.8. The Morgan fingerprint density at radius 1 is 1.06 bits per heavy atom. The van der Waals surface area contributed by atoms with Crippen molar-refractivity contribution in [3.05, 3.63) is 59.9 Å². The number of nitrogens with zero attached hydrogens (tertiary/aromatic N) is 1. The van der Waals surface area contributed by atoms with E-state index in [1.54, 1.807) is 24.5 Å². The van der Waals surface area contributed by atoms with E-state index < -0.39 is 0 Å². The first-order valence-electron chi connectivity index (χ1n) is 5.04. The average molecular weight is 212 g/mol. The summed E-state index contributed by atoms with van der Waals surface area (Å²) in [5.74, 6) is -0.105. The van der Waals surface area contributed by atoms with E-state index in [1.165, 1.54) is 0 Å². The summed E-state index contributed by atoms with van der Waals surface area (Å²) in [5, 5.41) is 2.80. The molecule has 0 fully saturated rings. The fraction of sp³-hybridized carbons (Fsp3) is 0.0769. The van der Waals surface area contributed by atoms with Gasteiger partial charge in [0.15, 0.2) is 0 Å². The zero-order valence-corrected chi connectivity index (χ0v) is 8.97. The van der Waals surface area contributed by atoms with E-state index in [2.05, 4.69) is 10.3 Å². The van der Waals surface area contributed by atoms with Crippen molar-refractivity contribution in [2.75, 3.05) is 5.32 Å². The van der Waals surface area contributed by atoms with Crippen LogP contribution in [0.2, 0.25) is 0 Å². The Bertz CT molecular complexity index is 477. The van der Waals surface area contributed by atoms with Crippen molar-refractivity contribution in [1.82, 2.24) is 4.98 Å². The number of nitrogens with one attached hydrogen (secondary N) is 1. The second-order valence-corrected chi connectivity index (χ2v) is 3.56. The van der Waals surface area contributed by atoms with Crippen LogP contribution in [0.15, 0.2) is 48.8 Å². The van der Waals surface area contributed by atoms with E-state index in [9.17, 15) is 4.79 Å². The number of carbonyl (C=O) groups is 1. The first kappa shape index (κ1) is 10.4. The van der Waals surface area contributed by atoms with Crippen molar-refractivity contribution in [2.45, 2.75) is 6.92 Å². The average Bonchev–Trinajstić information content (AvgIpc) is 2.31. The number of hydrogen-bond acceptors (Lipinski definition) is 2. The number of anilines is 1. The van der Waals surface area contributed by atoms with Crippen LogP contribution >= 0.6 is 0 Å². The second-order valence-electron chi connectivity index (χ2n) is 3.56. The predicted octanol–water partition coefficient (Wildman–Crippen LogP) is 2.64. The molecule has 1 aromatic heterocycles. The smallest absolute Gasteiger partial charge is 0.255 e. The Hall–Kier alpha value is -2.16. The fourth-order valence-electron chi connectivity index (χ4n) is 1.34. The monoisotopic (exact) mass is 212 g/mol. The number of rotatable bonds is 2. The van der Waals surface area contributed by atoms with Gasteiger partial charge in [-0.3, -0.25) is 9.78 Å². The minimum Gasteiger partial charge on any atom is -0.322 e. The molecule has 0 saturated carbocycles. The van der Waals surface area contributed by atoms with Crippen LogP contribution in [0, 0.1) is 6.92 Å². The van der Waals surface area contributed by atoms with E-state index in [0.29, 0.717) is 5.56 Å². The van der Waals surface area contributed by atoms with Gasteiger partial charge in [-0.1, -0.05) is 17.7 Å². The SMILES string of the molecule is Cc1ccc(C(=O)Nc2ccncc2)cc1. The third kappa shape index (κ3) is 2.45. The lowest BCUT2D eigenvalue weighted by molar-refractivity contribution is 0.102. The first-order valence-corrected chi connectivity index (χ1v) is 5.04. The van der Waals surface area contributed by atoms with Crippen LogP contribution in [-0.2, 0) is 0 Å². The van der Waals surface area contributed by atoms with Gasteiger partial charge in [0.2, 0.25) is 0 Å². The third-order valence-corrected chi connectivity index (χ3v) is 2.25. The molecule has 0 radical (unpaired) electrons. The lowest BCUT2D eigenvalue weighted by Crippen LogP contribution is -2.11. The van der Waals surface area contributed by atoms with Crippen molar-refractivity contribution in [3.63, 3.8) is 0 Å². The molecule has 0 bridgehead atoms. The Kier molecular flexibility index (Phi) is 2.96. The maximum Gasteiger partial charge on any atom is 0.255 e. The Labute approximate surface area is 94.1 Å².